The molecule has 0 aromatic heterocycles. The van der Waals surface area contributed by atoms with E-state index in [0.29, 0.717) is 31.0 Å². The zero-order chi connectivity index (χ0) is 22.7. The van der Waals surface area contributed by atoms with Crippen molar-refractivity contribution in [1.29, 1.82) is 0 Å². The van der Waals surface area contributed by atoms with E-state index in [4.69, 9.17) is 14.2 Å². The third-order valence-corrected chi connectivity index (χ3v) is 10.0. The van der Waals surface area contributed by atoms with Crippen molar-refractivity contribution >= 4 is 5.97 Å². The van der Waals surface area contributed by atoms with Gasteiger partial charge in [-0.05, 0) is 74.7 Å². The standard InChI is InChI=1S/C26H41NO5/c1-16(28)20-7-8-21-19-6-5-18-13-26(30-11-12-31-26)10-9-24(18,3)23(19)22(32-17(2)29)14-25(20,21)15-27-4/h5,16,19-23,27-28H,6-15H2,1-4H3. The first-order valence-corrected chi connectivity index (χ1v) is 12.7. The Morgan fingerprint density at radius 2 is 2.06 bits per heavy atom. The van der Waals surface area contributed by atoms with Gasteiger partial charge in [0, 0.05) is 32.2 Å². The van der Waals surface area contributed by atoms with Crippen molar-refractivity contribution in [2.45, 2.75) is 83.7 Å². The summed E-state index contributed by atoms with van der Waals surface area (Å²) < 4.78 is 18.3. The summed E-state index contributed by atoms with van der Waals surface area (Å²) in [4.78, 5) is 12.3. The van der Waals surface area contributed by atoms with E-state index in [1.54, 1.807) is 6.92 Å². The van der Waals surface area contributed by atoms with Crippen LogP contribution in [0.4, 0.5) is 0 Å². The molecule has 32 heavy (non-hydrogen) atoms. The Hall–Kier alpha value is -0.950. The molecule has 180 valence electrons. The lowest BCUT2D eigenvalue weighted by Gasteiger charge is -2.61. The highest BCUT2D eigenvalue weighted by atomic mass is 16.7. The van der Waals surface area contributed by atoms with Crippen LogP contribution in [0.15, 0.2) is 11.6 Å². The Bertz CT molecular complexity index is 774. The van der Waals surface area contributed by atoms with Crippen LogP contribution < -0.4 is 5.32 Å². The quantitative estimate of drug-likeness (QED) is 0.508. The van der Waals surface area contributed by atoms with Crippen LogP contribution in [0.1, 0.15) is 65.7 Å². The van der Waals surface area contributed by atoms with Gasteiger partial charge in [-0.1, -0.05) is 18.6 Å². The van der Waals surface area contributed by atoms with E-state index in [0.717, 1.165) is 51.5 Å². The van der Waals surface area contributed by atoms with Gasteiger partial charge < -0.3 is 24.6 Å². The van der Waals surface area contributed by atoms with Gasteiger partial charge in [0.25, 0.3) is 0 Å². The SMILES string of the molecule is CNCC12CC(OC(C)=O)C3C(CC=C4CC5(CCC43C)OCCO5)C1CCC2C(C)O. The summed E-state index contributed by atoms with van der Waals surface area (Å²) in [5, 5.41) is 14.2. The minimum absolute atomic E-state index is 0.00167. The van der Waals surface area contributed by atoms with E-state index in [1.807, 2.05) is 14.0 Å². The maximum absolute atomic E-state index is 12.3. The zero-order valence-corrected chi connectivity index (χ0v) is 20.2. The minimum Gasteiger partial charge on any atom is -0.462 e. The average Bonchev–Trinajstić information content (AvgIpc) is 3.33. The largest absolute Gasteiger partial charge is 0.462 e. The molecule has 8 atom stereocenters. The zero-order valence-electron chi connectivity index (χ0n) is 20.2. The summed E-state index contributed by atoms with van der Waals surface area (Å²) in [5.74, 6) is 0.937. The number of carbonyl (C=O) groups is 1. The summed E-state index contributed by atoms with van der Waals surface area (Å²) >= 11 is 0. The molecule has 0 bridgehead atoms. The third kappa shape index (κ3) is 3.31. The molecule has 0 amide bonds. The highest BCUT2D eigenvalue weighted by molar-refractivity contribution is 5.66. The normalized spacial score (nSPS) is 45.5. The summed E-state index contributed by atoms with van der Waals surface area (Å²) in [7, 11) is 2.01. The van der Waals surface area contributed by atoms with Gasteiger partial charge in [-0.25, -0.2) is 0 Å². The number of ether oxygens (including phenoxy) is 3. The number of carbonyl (C=O) groups excluding carboxylic acids is 1. The third-order valence-electron chi connectivity index (χ3n) is 10.0. The van der Waals surface area contributed by atoms with Crippen LogP contribution in [0.5, 0.6) is 0 Å². The molecule has 5 rings (SSSR count). The molecule has 0 radical (unpaired) electrons. The summed E-state index contributed by atoms with van der Waals surface area (Å²) in [6.07, 6.45) is 8.82. The van der Waals surface area contributed by atoms with Crippen LogP contribution in [0, 0.1) is 34.5 Å². The van der Waals surface area contributed by atoms with Gasteiger partial charge >= 0.3 is 5.97 Å². The first-order valence-electron chi connectivity index (χ1n) is 12.7. The minimum atomic E-state index is -0.440. The van der Waals surface area contributed by atoms with Gasteiger partial charge in [0.05, 0.1) is 19.3 Å². The maximum atomic E-state index is 12.3. The van der Waals surface area contributed by atoms with E-state index in [9.17, 15) is 9.90 Å². The Morgan fingerprint density at radius 3 is 2.72 bits per heavy atom. The molecule has 1 heterocycles. The molecule has 2 N–H and O–H groups in total. The fourth-order valence-electron chi connectivity index (χ4n) is 8.99. The van der Waals surface area contributed by atoms with Gasteiger partial charge in [0.15, 0.2) is 5.79 Å². The van der Waals surface area contributed by atoms with Crippen molar-refractivity contribution in [3.63, 3.8) is 0 Å². The van der Waals surface area contributed by atoms with Crippen LogP contribution in [-0.2, 0) is 19.0 Å². The Labute approximate surface area is 192 Å². The van der Waals surface area contributed by atoms with Crippen LogP contribution >= 0.6 is 0 Å². The van der Waals surface area contributed by atoms with E-state index in [1.165, 1.54) is 5.57 Å². The van der Waals surface area contributed by atoms with E-state index in [2.05, 4.69) is 18.3 Å². The predicted octanol–water partition coefficient (Wildman–Crippen LogP) is 3.43. The van der Waals surface area contributed by atoms with Gasteiger partial charge in [-0.15, -0.1) is 0 Å². The summed E-state index contributed by atoms with van der Waals surface area (Å²) in [6, 6.07) is 0. The first-order chi connectivity index (χ1) is 15.2. The molecular formula is C26H41NO5. The number of nitrogens with one attached hydrogen (secondary N) is 1. The van der Waals surface area contributed by atoms with E-state index < -0.39 is 5.79 Å². The van der Waals surface area contributed by atoms with E-state index in [-0.39, 0.29) is 34.9 Å². The van der Waals surface area contributed by atoms with Gasteiger partial charge in [-0.2, -0.15) is 0 Å². The van der Waals surface area contributed by atoms with Crippen LogP contribution in [0.2, 0.25) is 0 Å². The number of fused-ring (bicyclic) bond motifs is 5. The summed E-state index contributed by atoms with van der Waals surface area (Å²) in [6.45, 7) is 8.12. The van der Waals surface area contributed by atoms with Crippen molar-refractivity contribution in [3.8, 4) is 0 Å². The number of allylic oxidation sites excluding steroid dienone is 1. The molecule has 4 fully saturated rings. The second-order valence-electron chi connectivity index (χ2n) is 11.5. The number of rotatable bonds is 4. The molecule has 5 aliphatic rings. The second-order valence-corrected chi connectivity index (χ2v) is 11.5. The van der Waals surface area contributed by atoms with Crippen LogP contribution in [0.25, 0.3) is 0 Å². The van der Waals surface area contributed by atoms with Crippen LogP contribution in [0.3, 0.4) is 0 Å². The molecule has 1 spiro atoms. The highest BCUT2D eigenvalue weighted by Crippen LogP contribution is 2.68. The van der Waals surface area contributed by atoms with E-state index >= 15 is 0 Å². The lowest BCUT2D eigenvalue weighted by Crippen LogP contribution is -2.61. The number of esters is 1. The molecule has 6 heteroatoms. The molecule has 1 saturated heterocycles. The fourth-order valence-corrected chi connectivity index (χ4v) is 8.99. The smallest absolute Gasteiger partial charge is 0.302 e. The highest BCUT2D eigenvalue weighted by Gasteiger charge is 2.65. The fraction of sp³-hybridized carbons (Fsp3) is 0.885. The predicted molar refractivity (Wildman–Crippen MR) is 121 cm³/mol. The average molecular weight is 448 g/mol. The number of aliphatic hydroxyl groups excluding tert-OH is 1. The molecule has 0 aromatic rings. The van der Waals surface area contributed by atoms with Crippen molar-refractivity contribution in [1.82, 2.24) is 5.32 Å². The molecule has 8 unspecified atom stereocenters. The first kappa shape index (κ1) is 22.8. The van der Waals surface area contributed by atoms with Gasteiger partial charge in [-0.3, -0.25) is 4.79 Å². The van der Waals surface area contributed by atoms with Crippen molar-refractivity contribution in [3.05, 3.63) is 11.6 Å². The number of aliphatic hydroxyl groups is 1. The lowest BCUT2D eigenvalue weighted by molar-refractivity contribution is -0.202. The topological polar surface area (TPSA) is 77.0 Å². The number of hydrogen-bond donors (Lipinski definition) is 2. The van der Waals surface area contributed by atoms with Gasteiger partial charge in [0.2, 0.25) is 0 Å². The maximum Gasteiger partial charge on any atom is 0.302 e. The Balaban J connectivity index is 1.54. The molecule has 4 aliphatic carbocycles. The number of hydrogen-bond acceptors (Lipinski definition) is 6. The lowest BCUT2D eigenvalue weighted by atomic mass is 9.45. The Morgan fingerprint density at radius 1 is 1.31 bits per heavy atom. The van der Waals surface area contributed by atoms with Crippen molar-refractivity contribution < 1.29 is 24.1 Å². The summed E-state index contributed by atoms with van der Waals surface area (Å²) in [5.41, 5.74) is 1.41. The molecule has 1 aliphatic heterocycles. The molecule has 0 aromatic carbocycles. The Kier molecular flexibility index (Phi) is 5.76. The monoisotopic (exact) mass is 447 g/mol. The van der Waals surface area contributed by atoms with Crippen molar-refractivity contribution in [2.24, 2.45) is 34.5 Å². The molecular weight excluding hydrogens is 406 g/mol. The van der Waals surface area contributed by atoms with Crippen molar-refractivity contribution in [2.75, 3.05) is 26.8 Å². The second kappa shape index (κ2) is 8.07. The molecule has 3 saturated carbocycles. The van der Waals surface area contributed by atoms with Crippen LogP contribution in [-0.4, -0.2) is 55.9 Å². The molecule has 6 nitrogen and oxygen atoms in total. The van der Waals surface area contributed by atoms with Gasteiger partial charge in [0.1, 0.15) is 6.10 Å².